The van der Waals surface area contributed by atoms with Crippen molar-refractivity contribution in [3.8, 4) is 0 Å². The van der Waals surface area contributed by atoms with Crippen LogP contribution in [0.5, 0.6) is 0 Å². The fourth-order valence-electron chi connectivity index (χ4n) is 3.65. The van der Waals surface area contributed by atoms with Crippen LogP contribution in [0.15, 0.2) is 0 Å². The lowest BCUT2D eigenvalue weighted by Crippen LogP contribution is -2.56. The summed E-state index contributed by atoms with van der Waals surface area (Å²) in [4.78, 5) is 85.7. The normalized spacial score (nSPS) is 17.2. The van der Waals surface area contributed by atoms with Crippen LogP contribution in [0.1, 0.15) is 53.9 Å². The predicted octanol–water partition coefficient (Wildman–Crippen LogP) is -2.15. The lowest BCUT2D eigenvalue weighted by atomic mass is 10.1. The Bertz CT molecular complexity index is 876. The summed E-state index contributed by atoms with van der Waals surface area (Å²) in [5.41, 5.74) is 0. The Morgan fingerprint density at radius 3 is 2.11 bits per heavy atom. The Kier molecular flexibility index (Phi) is 12.5. The molecule has 0 saturated carbocycles. The summed E-state index contributed by atoms with van der Waals surface area (Å²) in [6, 6.07) is -3.97. The van der Waals surface area contributed by atoms with Gasteiger partial charge in [0.15, 0.2) is 0 Å². The molecule has 0 radical (unpaired) electrons. The molecule has 0 bridgehead atoms. The van der Waals surface area contributed by atoms with Crippen LogP contribution in [0.2, 0.25) is 0 Å². The second-order valence-corrected chi connectivity index (χ2v) is 9.42. The molecule has 0 spiro atoms. The number of carboxylic acids is 1. The van der Waals surface area contributed by atoms with Gasteiger partial charge in [-0.15, -0.1) is 0 Å². The van der Waals surface area contributed by atoms with Crippen LogP contribution in [0.3, 0.4) is 0 Å². The first-order valence-corrected chi connectivity index (χ1v) is 12.2. The molecule has 14 nitrogen and oxygen atoms in total. The second kappa shape index (κ2) is 14.8. The van der Waals surface area contributed by atoms with E-state index in [-0.39, 0.29) is 11.8 Å². The maximum atomic E-state index is 12.9. The van der Waals surface area contributed by atoms with Crippen LogP contribution in [-0.4, -0.2) is 95.2 Å². The largest absolute Gasteiger partial charge is 0.481 e. The number of likely N-dealkylation sites (tertiary alicyclic amines) is 1. The third-order valence-electron chi connectivity index (χ3n) is 5.52. The first-order chi connectivity index (χ1) is 17.2. The highest BCUT2D eigenvalue weighted by Gasteiger charge is 2.36. The van der Waals surface area contributed by atoms with E-state index in [1.807, 2.05) is 13.8 Å². The van der Waals surface area contributed by atoms with Crippen molar-refractivity contribution in [1.29, 1.82) is 0 Å². The standard InChI is InChI=1S/C23H38N6O8/c1-12(2)10-24-22(36)17-7-6-8-29(17)23(37)14(4)27-20(34)13(3)26-18(31)11-25-21(35)16(9-19(32)33)28-15(5)30/h12-14,16-17H,6-11H2,1-5H3,(H,24,36)(H,25,35)(H,26,31)(H,27,34)(H,28,30)(H,32,33)/t13-,14-,16-,17-/m0/s1. The average Bonchev–Trinajstić information content (AvgIpc) is 3.29. The topological polar surface area (TPSA) is 203 Å². The Hall–Kier alpha value is -3.71. The molecule has 1 heterocycles. The first-order valence-electron chi connectivity index (χ1n) is 12.2. The number of nitrogens with zero attached hydrogens (tertiary/aromatic N) is 1. The fourth-order valence-corrected chi connectivity index (χ4v) is 3.65. The SMILES string of the molecule is CC(=O)N[C@@H](CC(=O)O)C(=O)NCC(=O)N[C@@H](C)C(=O)N[C@@H](C)C(=O)N1CCC[C@H]1C(=O)NCC(C)C. The molecule has 37 heavy (non-hydrogen) atoms. The van der Waals surface area contributed by atoms with Crippen LogP contribution in [0.4, 0.5) is 0 Å². The minimum atomic E-state index is -1.36. The van der Waals surface area contributed by atoms with Gasteiger partial charge in [0.1, 0.15) is 24.2 Å². The van der Waals surface area contributed by atoms with Gasteiger partial charge in [-0.3, -0.25) is 33.6 Å². The highest BCUT2D eigenvalue weighted by atomic mass is 16.4. The predicted molar refractivity (Wildman–Crippen MR) is 131 cm³/mol. The van der Waals surface area contributed by atoms with Crippen molar-refractivity contribution in [1.82, 2.24) is 31.5 Å². The lowest BCUT2D eigenvalue weighted by molar-refractivity contribution is -0.141. The monoisotopic (exact) mass is 526 g/mol. The summed E-state index contributed by atoms with van der Waals surface area (Å²) in [5, 5.41) is 21.0. The molecular formula is C23H38N6O8. The maximum Gasteiger partial charge on any atom is 0.305 e. The van der Waals surface area contributed by atoms with E-state index in [1.165, 1.54) is 18.7 Å². The molecule has 0 unspecified atom stereocenters. The summed E-state index contributed by atoms with van der Waals surface area (Å²) in [6.07, 6.45) is 0.526. The molecule has 6 N–H and O–H groups in total. The molecule has 0 aromatic carbocycles. The Labute approximate surface area is 215 Å². The number of carbonyl (C=O) groups is 7. The molecule has 6 amide bonds. The van der Waals surface area contributed by atoms with Gasteiger partial charge in [0, 0.05) is 20.0 Å². The van der Waals surface area contributed by atoms with Gasteiger partial charge < -0.3 is 36.6 Å². The zero-order chi connectivity index (χ0) is 28.3. The van der Waals surface area contributed by atoms with E-state index in [9.17, 15) is 33.6 Å². The maximum absolute atomic E-state index is 12.9. The van der Waals surface area contributed by atoms with Gasteiger partial charge in [-0.05, 0) is 32.6 Å². The van der Waals surface area contributed by atoms with E-state index in [0.29, 0.717) is 25.9 Å². The number of hydrogen-bond donors (Lipinski definition) is 6. The first kappa shape index (κ1) is 31.3. The van der Waals surface area contributed by atoms with Crippen LogP contribution in [-0.2, 0) is 33.6 Å². The molecule has 1 aliphatic heterocycles. The van der Waals surface area contributed by atoms with Crippen LogP contribution < -0.4 is 26.6 Å². The third-order valence-corrected chi connectivity index (χ3v) is 5.52. The van der Waals surface area contributed by atoms with Gasteiger partial charge in [0.2, 0.25) is 35.4 Å². The summed E-state index contributed by atoms with van der Waals surface area (Å²) in [7, 11) is 0. The number of nitrogens with one attached hydrogen (secondary N) is 5. The van der Waals surface area contributed by atoms with Crippen molar-refractivity contribution in [2.24, 2.45) is 5.92 Å². The van der Waals surface area contributed by atoms with Gasteiger partial charge >= 0.3 is 5.97 Å². The number of aliphatic carboxylic acids is 1. The molecule has 1 saturated heterocycles. The summed E-state index contributed by atoms with van der Waals surface area (Å²) in [5.74, 6) is -4.58. The van der Waals surface area contributed by atoms with Crippen molar-refractivity contribution in [3.63, 3.8) is 0 Å². The number of carboxylic acid groups (broad SMARTS) is 1. The van der Waals surface area contributed by atoms with Crippen LogP contribution in [0, 0.1) is 5.92 Å². The Morgan fingerprint density at radius 1 is 0.892 bits per heavy atom. The van der Waals surface area contributed by atoms with E-state index >= 15 is 0 Å². The van der Waals surface area contributed by atoms with Crippen molar-refractivity contribution in [2.45, 2.75) is 78.0 Å². The number of amides is 6. The van der Waals surface area contributed by atoms with Crippen molar-refractivity contribution < 1.29 is 38.7 Å². The third kappa shape index (κ3) is 10.8. The minimum absolute atomic E-state index is 0.232. The summed E-state index contributed by atoms with van der Waals surface area (Å²) >= 11 is 0. The molecule has 0 aromatic rings. The number of hydrogen-bond acceptors (Lipinski definition) is 7. The van der Waals surface area contributed by atoms with E-state index in [0.717, 1.165) is 6.92 Å². The van der Waals surface area contributed by atoms with Crippen molar-refractivity contribution in [3.05, 3.63) is 0 Å². The van der Waals surface area contributed by atoms with Crippen molar-refractivity contribution in [2.75, 3.05) is 19.6 Å². The zero-order valence-electron chi connectivity index (χ0n) is 21.9. The highest BCUT2D eigenvalue weighted by molar-refractivity contribution is 5.95. The fraction of sp³-hybridized carbons (Fsp3) is 0.696. The molecular weight excluding hydrogens is 488 g/mol. The molecule has 4 atom stereocenters. The molecule has 1 rings (SSSR count). The van der Waals surface area contributed by atoms with Crippen molar-refractivity contribution >= 4 is 41.4 Å². The summed E-state index contributed by atoms with van der Waals surface area (Å²) in [6.45, 7) is 8.24. The molecule has 0 aliphatic carbocycles. The lowest BCUT2D eigenvalue weighted by Gasteiger charge is -2.28. The molecule has 0 aromatic heterocycles. The van der Waals surface area contributed by atoms with E-state index in [4.69, 9.17) is 5.11 Å². The van der Waals surface area contributed by atoms with E-state index in [1.54, 1.807) is 0 Å². The molecule has 208 valence electrons. The molecule has 14 heteroatoms. The molecule has 1 aliphatic rings. The Balaban J connectivity index is 2.57. The van der Waals surface area contributed by atoms with Gasteiger partial charge in [-0.1, -0.05) is 13.8 Å². The second-order valence-electron chi connectivity index (χ2n) is 9.42. The van der Waals surface area contributed by atoms with Gasteiger partial charge in [0.25, 0.3) is 0 Å². The number of rotatable bonds is 13. The quantitative estimate of drug-likeness (QED) is 0.156. The van der Waals surface area contributed by atoms with Gasteiger partial charge in [0.05, 0.1) is 13.0 Å². The van der Waals surface area contributed by atoms with Crippen LogP contribution in [0.25, 0.3) is 0 Å². The number of carbonyl (C=O) groups excluding carboxylic acids is 6. The minimum Gasteiger partial charge on any atom is -0.481 e. The van der Waals surface area contributed by atoms with Gasteiger partial charge in [-0.2, -0.15) is 0 Å². The zero-order valence-corrected chi connectivity index (χ0v) is 21.9. The summed E-state index contributed by atoms with van der Waals surface area (Å²) < 4.78 is 0. The van der Waals surface area contributed by atoms with Gasteiger partial charge in [-0.25, -0.2) is 0 Å². The highest BCUT2D eigenvalue weighted by Crippen LogP contribution is 2.18. The van der Waals surface area contributed by atoms with Crippen LogP contribution >= 0.6 is 0 Å². The van der Waals surface area contributed by atoms with E-state index in [2.05, 4.69) is 26.6 Å². The van der Waals surface area contributed by atoms with E-state index < -0.39 is 72.6 Å². The average molecular weight is 527 g/mol. The molecule has 1 fully saturated rings. The Morgan fingerprint density at radius 2 is 1.54 bits per heavy atom. The smallest absolute Gasteiger partial charge is 0.305 e.